The van der Waals surface area contributed by atoms with Crippen molar-refractivity contribution in [2.75, 3.05) is 24.6 Å². The van der Waals surface area contributed by atoms with E-state index in [-0.39, 0.29) is 11.8 Å². The van der Waals surface area contributed by atoms with Crippen LogP contribution in [0.25, 0.3) is 0 Å². The number of aliphatic hydroxyl groups excluding tert-OH is 1. The lowest BCUT2D eigenvalue weighted by molar-refractivity contribution is 0.203. The molecule has 0 aliphatic carbocycles. The molecule has 0 bridgehead atoms. The van der Waals surface area contributed by atoms with E-state index in [1.54, 1.807) is 6.07 Å². The molecular weight excluding hydrogens is 282 g/mol. The van der Waals surface area contributed by atoms with E-state index in [9.17, 15) is 0 Å². The Labute approximate surface area is 115 Å². The minimum atomic E-state index is 0.246. The van der Waals surface area contributed by atoms with E-state index in [0.717, 1.165) is 25.9 Å². The van der Waals surface area contributed by atoms with Crippen LogP contribution in [0.15, 0.2) is 6.07 Å². The fourth-order valence-electron chi connectivity index (χ4n) is 1.98. The van der Waals surface area contributed by atoms with Crippen LogP contribution in [0, 0.1) is 5.92 Å². The predicted molar refractivity (Wildman–Crippen MR) is 71.3 cm³/mol. The number of nitrogens with zero attached hydrogens (tertiary/aromatic N) is 2. The molecule has 0 radical (unpaired) electrons. The number of hydrogen-bond donors (Lipinski definition) is 1. The molecule has 0 unspecified atom stereocenters. The molecule has 1 N–H and O–H groups in total. The Morgan fingerprint density at radius 3 is 2.47 bits per heavy atom. The molecule has 6 heteroatoms. The normalized spacial score (nSPS) is 17.5. The van der Waals surface area contributed by atoms with Crippen LogP contribution < -0.4 is 4.90 Å². The molecular formula is C11H13Cl3N2O. The lowest BCUT2D eigenvalue weighted by atomic mass is 9.98. The molecule has 94 valence electrons. The van der Waals surface area contributed by atoms with Gasteiger partial charge in [-0.3, -0.25) is 0 Å². The molecule has 1 aliphatic heterocycles. The van der Waals surface area contributed by atoms with Crippen molar-refractivity contribution >= 4 is 40.6 Å². The third kappa shape index (κ3) is 2.97. The van der Waals surface area contributed by atoms with Gasteiger partial charge in [0.05, 0.1) is 10.0 Å². The van der Waals surface area contributed by atoms with Crippen molar-refractivity contribution < 1.29 is 5.11 Å². The second-order valence-electron chi connectivity index (χ2n) is 4.18. The van der Waals surface area contributed by atoms with E-state index in [2.05, 4.69) is 9.88 Å². The largest absolute Gasteiger partial charge is 0.396 e. The summed E-state index contributed by atoms with van der Waals surface area (Å²) >= 11 is 17.8. The second kappa shape index (κ2) is 5.61. The predicted octanol–water partition coefficient (Wildman–Crippen LogP) is 3.25. The van der Waals surface area contributed by atoms with Crippen LogP contribution in [0.3, 0.4) is 0 Å². The molecule has 0 saturated carbocycles. The van der Waals surface area contributed by atoms with Crippen molar-refractivity contribution in [1.29, 1.82) is 0 Å². The van der Waals surface area contributed by atoms with Crippen LogP contribution in [-0.2, 0) is 0 Å². The number of pyridine rings is 1. The van der Waals surface area contributed by atoms with Crippen LogP contribution >= 0.6 is 34.8 Å². The number of aliphatic hydroxyl groups is 1. The van der Waals surface area contributed by atoms with Crippen molar-refractivity contribution in [3.05, 3.63) is 21.3 Å². The van der Waals surface area contributed by atoms with Crippen molar-refractivity contribution in [1.82, 2.24) is 4.98 Å². The van der Waals surface area contributed by atoms with Gasteiger partial charge in [0.1, 0.15) is 11.0 Å². The highest BCUT2D eigenvalue weighted by atomic mass is 35.5. The summed E-state index contributed by atoms with van der Waals surface area (Å²) in [4.78, 5) is 6.29. The molecule has 1 aromatic rings. The molecule has 0 atom stereocenters. The molecule has 0 aromatic carbocycles. The first kappa shape index (κ1) is 13.2. The molecule has 3 nitrogen and oxygen atoms in total. The number of hydrogen-bond acceptors (Lipinski definition) is 3. The number of anilines is 1. The zero-order chi connectivity index (χ0) is 12.4. The topological polar surface area (TPSA) is 36.4 Å². The quantitative estimate of drug-likeness (QED) is 0.851. The Bertz CT molecular complexity index is 406. The molecule has 1 aliphatic rings. The monoisotopic (exact) mass is 294 g/mol. The SMILES string of the molecule is OCC1CCN(c2nc(Cl)c(Cl)cc2Cl)CC1. The summed E-state index contributed by atoms with van der Waals surface area (Å²) in [6, 6.07) is 1.62. The minimum absolute atomic E-state index is 0.246. The maximum absolute atomic E-state index is 9.08. The highest BCUT2D eigenvalue weighted by Crippen LogP contribution is 2.33. The lowest BCUT2D eigenvalue weighted by Gasteiger charge is -2.32. The van der Waals surface area contributed by atoms with Crippen LogP contribution in [0.2, 0.25) is 15.2 Å². The van der Waals surface area contributed by atoms with Gasteiger partial charge in [-0.05, 0) is 24.8 Å². The third-order valence-corrected chi connectivity index (χ3v) is 3.99. The van der Waals surface area contributed by atoms with Crippen molar-refractivity contribution in [2.24, 2.45) is 5.92 Å². The first-order valence-corrected chi connectivity index (χ1v) is 6.62. The van der Waals surface area contributed by atoms with E-state index in [4.69, 9.17) is 39.9 Å². The number of aromatic nitrogens is 1. The summed E-state index contributed by atoms with van der Waals surface area (Å²) in [7, 11) is 0. The van der Waals surface area contributed by atoms with E-state index < -0.39 is 0 Å². The Hall–Kier alpha value is -0.220. The first-order valence-electron chi connectivity index (χ1n) is 5.49. The summed E-state index contributed by atoms with van der Waals surface area (Å²) in [5, 5.41) is 10.2. The van der Waals surface area contributed by atoms with Crippen LogP contribution in [0.5, 0.6) is 0 Å². The molecule has 1 fully saturated rings. The fourth-order valence-corrected chi connectivity index (χ4v) is 2.60. The molecule has 1 saturated heterocycles. The average Bonchev–Trinajstić information content (AvgIpc) is 2.34. The highest BCUT2D eigenvalue weighted by Gasteiger charge is 2.22. The maximum atomic E-state index is 9.08. The van der Waals surface area contributed by atoms with Gasteiger partial charge < -0.3 is 10.0 Å². The van der Waals surface area contributed by atoms with Crippen molar-refractivity contribution in [3.8, 4) is 0 Å². The maximum Gasteiger partial charge on any atom is 0.150 e. The van der Waals surface area contributed by atoms with Gasteiger partial charge in [0.25, 0.3) is 0 Å². The van der Waals surface area contributed by atoms with Crippen molar-refractivity contribution in [3.63, 3.8) is 0 Å². The van der Waals surface area contributed by atoms with Crippen LogP contribution in [0.4, 0.5) is 5.82 Å². The zero-order valence-corrected chi connectivity index (χ0v) is 11.4. The van der Waals surface area contributed by atoms with E-state index in [1.165, 1.54) is 0 Å². The number of rotatable bonds is 2. The van der Waals surface area contributed by atoms with Crippen molar-refractivity contribution in [2.45, 2.75) is 12.8 Å². The Kier molecular flexibility index (Phi) is 4.36. The number of halogens is 3. The van der Waals surface area contributed by atoms with Gasteiger partial charge >= 0.3 is 0 Å². The Morgan fingerprint density at radius 1 is 1.24 bits per heavy atom. The van der Waals surface area contributed by atoms with Gasteiger partial charge in [0, 0.05) is 19.7 Å². The average molecular weight is 296 g/mol. The molecule has 2 heterocycles. The standard InChI is InChI=1S/C11H13Cl3N2O/c12-8-5-9(13)11(15-10(8)14)16-3-1-7(6-17)2-4-16/h5,7,17H,1-4,6H2. The molecule has 1 aromatic heterocycles. The first-order chi connectivity index (χ1) is 8.11. The molecule has 0 amide bonds. The van der Waals surface area contributed by atoms with E-state index in [1.807, 2.05) is 0 Å². The summed E-state index contributed by atoms with van der Waals surface area (Å²) in [6.45, 7) is 1.90. The number of piperidine rings is 1. The fraction of sp³-hybridized carbons (Fsp3) is 0.545. The second-order valence-corrected chi connectivity index (χ2v) is 5.35. The Balaban J connectivity index is 2.16. The summed E-state index contributed by atoms with van der Waals surface area (Å²) in [6.07, 6.45) is 1.88. The summed E-state index contributed by atoms with van der Waals surface area (Å²) < 4.78 is 0. The van der Waals surface area contributed by atoms with E-state index in [0.29, 0.717) is 21.8 Å². The summed E-state index contributed by atoms with van der Waals surface area (Å²) in [5.74, 6) is 1.06. The van der Waals surface area contributed by atoms with Gasteiger partial charge in [0.2, 0.25) is 0 Å². The highest BCUT2D eigenvalue weighted by molar-refractivity contribution is 6.42. The smallest absolute Gasteiger partial charge is 0.150 e. The van der Waals surface area contributed by atoms with Gasteiger partial charge in [-0.1, -0.05) is 34.8 Å². The lowest BCUT2D eigenvalue weighted by Crippen LogP contribution is -2.35. The van der Waals surface area contributed by atoms with Gasteiger partial charge in [-0.2, -0.15) is 0 Å². The van der Waals surface area contributed by atoms with Gasteiger partial charge in [-0.15, -0.1) is 0 Å². The Morgan fingerprint density at radius 2 is 1.88 bits per heavy atom. The third-order valence-electron chi connectivity index (χ3n) is 3.04. The molecule has 17 heavy (non-hydrogen) atoms. The molecule has 2 rings (SSSR count). The molecule has 0 spiro atoms. The zero-order valence-electron chi connectivity index (χ0n) is 9.17. The van der Waals surface area contributed by atoms with Crippen LogP contribution in [0.1, 0.15) is 12.8 Å². The van der Waals surface area contributed by atoms with Gasteiger partial charge in [-0.25, -0.2) is 4.98 Å². The van der Waals surface area contributed by atoms with E-state index >= 15 is 0 Å². The van der Waals surface area contributed by atoms with Crippen LogP contribution in [-0.4, -0.2) is 29.8 Å². The van der Waals surface area contributed by atoms with Gasteiger partial charge in [0.15, 0.2) is 0 Å². The minimum Gasteiger partial charge on any atom is -0.396 e. The summed E-state index contributed by atoms with van der Waals surface area (Å²) in [5.41, 5.74) is 0.